The van der Waals surface area contributed by atoms with Crippen LogP contribution in [-0.2, 0) is 19.1 Å². The van der Waals surface area contributed by atoms with Gasteiger partial charge < -0.3 is 14.6 Å². The molecule has 2 aromatic rings. The number of ether oxygens (including phenoxy) is 2. The molecule has 5 heteroatoms. The molecule has 0 heterocycles. The van der Waals surface area contributed by atoms with Crippen LogP contribution >= 0.6 is 0 Å². The van der Waals surface area contributed by atoms with Crippen molar-refractivity contribution in [2.45, 2.75) is 58.3 Å². The minimum absolute atomic E-state index is 0.244. The van der Waals surface area contributed by atoms with Crippen LogP contribution < -0.4 is 0 Å². The van der Waals surface area contributed by atoms with Crippen molar-refractivity contribution in [2.24, 2.45) is 0 Å². The van der Waals surface area contributed by atoms with E-state index < -0.39 is 30.1 Å². The highest BCUT2D eigenvalue weighted by Crippen LogP contribution is 2.21. The molecule has 30 heavy (non-hydrogen) atoms. The molecule has 0 saturated heterocycles. The summed E-state index contributed by atoms with van der Waals surface area (Å²) in [7, 11) is 0. The van der Waals surface area contributed by atoms with Crippen LogP contribution in [0.5, 0.6) is 0 Å². The van der Waals surface area contributed by atoms with Crippen LogP contribution in [0.25, 0.3) is 11.1 Å². The van der Waals surface area contributed by atoms with Crippen molar-refractivity contribution < 1.29 is 24.2 Å². The number of carbonyl (C=O) groups is 2. The van der Waals surface area contributed by atoms with Gasteiger partial charge in [0.05, 0.1) is 18.6 Å². The molecule has 0 spiro atoms. The lowest BCUT2D eigenvalue weighted by Crippen LogP contribution is -2.43. The Kier molecular flexibility index (Phi) is 8.20. The van der Waals surface area contributed by atoms with Crippen molar-refractivity contribution in [3.8, 4) is 23.0 Å². The van der Waals surface area contributed by atoms with E-state index >= 15 is 0 Å². The Morgan fingerprint density at radius 2 is 1.47 bits per heavy atom. The van der Waals surface area contributed by atoms with E-state index in [9.17, 15) is 14.7 Å². The second-order valence-corrected chi connectivity index (χ2v) is 7.62. The van der Waals surface area contributed by atoms with Crippen molar-refractivity contribution in [1.29, 1.82) is 0 Å². The Morgan fingerprint density at radius 1 is 0.900 bits per heavy atom. The number of aliphatic hydroxyl groups is 1. The zero-order valence-electron chi connectivity index (χ0n) is 17.8. The standard InChI is InChI=1S/C25H28O5/c1-18(2)29-23(26)17-25(28,24(27)30-19(3)4)16-8-9-20-12-14-22(15-13-20)21-10-6-5-7-11-21/h5-7,10-15,18-19,28H,16-17H2,1-4H3/t25-/m0/s1. The van der Waals surface area contributed by atoms with Gasteiger partial charge in [-0.2, -0.15) is 0 Å². The molecule has 0 aliphatic heterocycles. The summed E-state index contributed by atoms with van der Waals surface area (Å²) in [6, 6.07) is 17.6. The average Bonchev–Trinajstić information content (AvgIpc) is 2.68. The molecule has 0 aliphatic rings. The predicted octanol–water partition coefficient (Wildman–Crippen LogP) is 4.12. The Hall–Kier alpha value is -3.10. The van der Waals surface area contributed by atoms with Crippen molar-refractivity contribution in [1.82, 2.24) is 0 Å². The highest BCUT2D eigenvalue weighted by molar-refractivity contribution is 5.86. The number of hydrogen-bond donors (Lipinski definition) is 1. The molecule has 0 amide bonds. The average molecular weight is 408 g/mol. The summed E-state index contributed by atoms with van der Waals surface area (Å²) in [6.07, 6.45) is -1.54. The maximum atomic E-state index is 12.4. The molecule has 0 unspecified atom stereocenters. The van der Waals surface area contributed by atoms with Crippen LogP contribution in [0, 0.1) is 11.8 Å². The number of esters is 2. The van der Waals surface area contributed by atoms with Crippen molar-refractivity contribution in [3.05, 3.63) is 60.2 Å². The van der Waals surface area contributed by atoms with Crippen LogP contribution in [-0.4, -0.2) is 34.9 Å². The van der Waals surface area contributed by atoms with E-state index in [1.165, 1.54) is 0 Å². The monoisotopic (exact) mass is 408 g/mol. The maximum absolute atomic E-state index is 12.4. The SMILES string of the molecule is CC(C)OC(=O)C[C@@](O)(CC#Cc1ccc(-c2ccccc2)cc1)C(=O)OC(C)C. The zero-order chi connectivity index (χ0) is 22.1. The molecule has 2 rings (SSSR count). The zero-order valence-corrected chi connectivity index (χ0v) is 17.8. The van der Waals surface area contributed by atoms with Crippen molar-refractivity contribution in [3.63, 3.8) is 0 Å². The lowest BCUT2D eigenvalue weighted by atomic mass is 9.95. The van der Waals surface area contributed by atoms with Gasteiger partial charge in [0.2, 0.25) is 0 Å². The third-order valence-electron chi connectivity index (χ3n) is 4.13. The van der Waals surface area contributed by atoms with Gasteiger partial charge >= 0.3 is 11.9 Å². The Labute approximate surface area is 178 Å². The number of rotatable bonds is 7. The fourth-order valence-electron chi connectivity index (χ4n) is 2.74. The molecule has 5 nitrogen and oxygen atoms in total. The van der Waals surface area contributed by atoms with E-state index in [0.29, 0.717) is 0 Å². The molecule has 0 saturated carbocycles. The summed E-state index contributed by atoms with van der Waals surface area (Å²) in [5, 5.41) is 10.8. The summed E-state index contributed by atoms with van der Waals surface area (Å²) in [5.41, 5.74) is 0.841. The summed E-state index contributed by atoms with van der Waals surface area (Å²) >= 11 is 0. The Balaban J connectivity index is 2.14. The third kappa shape index (κ3) is 7.06. The van der Waals surface area contributed by atoms with Crippen molar-refractivity contribution >= 4 is 11.9 Å². The minimum atomic E-state index is -2.06. The van der Waals surface area contributed by atoms with E-state index in [2.05, 4.69) is 11.8 Å². The fourth-order valence-corrected chi connectivity index (χ4v) is 2.74. The van der Waals surface area contributed by atoms with Crippen LogP contribution in [0.15, 0.2) is 54.6 Å². The predicted molar refractivity (Wildman–Crippen MR) is 115 cm³/mol. The first-order valence-electron chi connectivity index (χ1n) is 9.97. The number of carbonyl (C=O) groups excluding carboxylic acids is 2. The Bertz CT molecular complexity index is 904. The fraction of sp³-hybridized carbons (Fsp3) is 0.360. The van der Waals surface area contributed by atoms with Crippen LogP contribution in [0.2, 0.25) is 0 Å². The summed E-state index contributed by atoms with van der Waals surface area (Å²) < 4.78 is 10.2. The van der Waals surface area contributed by atoms with Gasteiger partial charge in [-0.3, -0.25) is 4.79 Å². The molecule has 0 bridgehead atoms. The van der Waals surface area contributed by atoms with Gasteiger partial charge in [0.1, 0.15) is 0 Å². The van der Waals surface area contributed by atoms with Crippen LogP contribution in [0.3, 0.4) is 0 Å². The van der Waals surface area contributed by atoms with Gasteiger partial charge in [0.25, 0.3) is 0 Å². The van der Waals surface area contributed by atoms with Gasteiger partial charge in [0, 0.05) is 12.0 Å². The Morgan fingerprint density at radius 3 is 2.03 bits per heavy atom. The summed E-state index contributed by atoms with van der Waals surface area (Å²) in [4.78, 5) is 24.4. The second kappa shape index (κ2) is 10.6. The van der Waals surface area contributed by atoms with Gasteiger partial charge in [0.15, 0.2) is 5.60 Å². The largest absolute Gasteiger partial charge is 0.463 e. The van der Waals surface area contributed by atoms with Crippen LogP contribution in [0.4, 0.5) is 0 Å². The number of hydrogen-bond acceptors (Lipinski definition) is 5. The van der Waals surface area contributed by atoms with Gasteiger partial charge in [-0.1, -0.05) is 54.3 Å². The molecule has 1 N–H and O–H groups in total. The first-order valence-corrected chi connectivity index (χ1v) is 9.97. The molecule has 0 fully saturated rings. The van der Waals surface area contributed by atoms with Gasteiger partial charge in [-0.15, -0.1) is 0 Å². The van der Waals surface area contributed by atoms with E-state index in [4.69, 9.17) is 9.47 Å². The maximum Gasteiger partial charge on any atom is 0.340 e. The quantitative estimate of drug-likeness (QED) is 0.551. The van der Waals surface area contributed by atoms with Gasteiger partial charge in [-0.05, 0) is 51.0 Å². The molecular formula is C25H28O5. The molecule has 158 valence electrons. The molecule has 0 radical (unpaired) electrons. The highest BCUT2D eigenvalue weighted by Gasteiger charge is 2.40. The topological polar surface area (TPSA) is 72.8 Å². The lowest BCUT2D eigenvalue weighted by molar-refractivity contribution is -0.176. The van der Waals surface area contributed by atoms with Crippen molar-refractivity contribution in [2.75, 3.05) is 0 Å². The van der Waals surface area contributed by atoms with E-state index in [-0.39, 0.29) is 12.5 Å². The first-order chi connectivity index (χ1) is 14.2. The molecule has 1 atom stereocenters. The second-order valence-electron chi connectivity index (χ2n) is 7.62. The highest BCUT2D eigenvalue weighted by atomic mass is 16.6. The molecule has 0 aromatic heterocycles. The van der Waals surface area contributed by atoms with Crippen LogP contribution in [0.1, 0.15) is 46.1 Å². The molecule has 0 aliphatic carbocycles. The molecule has 2 aromatic carbocycles. The van der Waals surface area contributed by atoms with E-state index in [0.717, 1.165) is 16.7 Å². The third-order valence-corrected chi connectivity index (χ3v) is 4.13. The van der Waals surface area contributed by atoms with Gasteiger partial charge in [-0.25, -0.2) is 4.79 Å². The number of benzene rings is 2. The smallest absolute Gasteiger partial charge is 0.340 e. The molecular weight excluding hydrogens is 380 g/mol. The summed E-state index contributed by atoms with van der Waals surface area (Å²) in [6.45, 7) is 6.74. The normalized spacial score (nSPS) is 12.6. The minimum Gasteiger partial charge on any atom is -0.463 e. The lowest BCUT2D eigenvalue weighted by Gasteiger charge is -2.24. The van der Waals surface area contributed by atoms with E-state index in [1.54, 1.807) is 27.7 Å². The summed E-state index contributed by atoms with van der Waals surface area (Å²) in [5.74, 6) is 4.18. The first kappa shape index (κ1) is 23.2. The van der Waals surface area contributed by atoms with E-state index in [1.807, 2.05) is 54.6 Å².